The summed E-state index contributed by atoms with van der Waals surface area (Å²) in [6.07, 6.45) is -5.14. The first kappa shape index (κ1) is 30.0. The van der Waals surface area contributed by atoms with Gasteiger partial charge in [0.15, 0.2) is 12.2 Å². The number of aliphatic hydroxyl groups is 3. The smallest absolute Gasteiger partial charge is 0.338 e. The second-order valence-corrected chi connectivity index (χ2v) is 12.2. The minimum absolute atomic E-state index is 0.00129. The van der Waals surface area contributed by atoms with Gasteiger partial charge in [0.1, 0.15) is 6.10 Å². The maximum absolute atomic E-state index is 13.6. The van der Waals surface area contributed by atoms with Crippen LogP contribution in [-0.2, 0) is 23.8 Å². The summed E-state index contributed by atoms with van der Waals surface area (Å²) in [6, 6.07) is 8.34. The summed E-state index contributed by atoms with van der Waals surface area (Å²) in [7, 11) is 0. The van der Waals surface area contributed by atoms with Gasteiger partial charge < -0.3 is 29.5 Å². The number of ether oxygens (including phenoxy) is 3. The molecule has 3 aliphatic rings. The van der Waals surface area contributed by atoms with Crippen molar-refractivity contribution in [2.45, 2.75) is 96.9 Å². The number of esters is 3. The predicted octanol–water partition coefficient (Wildman–Crippen LogP) is 3.26. The van der Waals surface area contributed by atoms with Crippen molar-refractivity contribution in [3.63, 3.8) is 0 Å². The van der Waals surface area contributed by atoms with E-state index in [0.717, 1.165) is 0 Å². The van der Waals surface area contributed by atoms with Crippen molar-refractivity contribution in [3.05, 3.63) is 59.2 Å². The summed E-state index contributed by atoms with van der Waals surface area (Å²) in [6.45, 7) is 13.4. The maximum Gasteiger partial charge on any atom is 0.338 e. The van der Waals surface area contributed by atoms with Gasteiger partial charge in [0, 0.05) is 25.7 Å². The summed E-state index contributed by atoms with van der Waals surface area (Å²) in [5.74, 6) is -2.59. The van der Waals surface area contributed by atoms with Crippen LogP contribution in [0.5, 0.6) is 0 Å². The van der Waals surface area contributed by atoms with Gasteiger partial charge in [-0.05, 0) is 68.4 Å². The van der Waals surface area contributed by atoms with Crippen LogP contribution in [0.1, 0.15) is 71.2 Å². The first-order valence-corrected chi connectivity index (χ1v) is 13.6. The van der Waals surface area contributed by atoms with Gasteiger partial charge in [-0.2, -0.15) is 0 Å². The molecule has 9 heteroatoms. The summed E-state index contributed by atoms with van der Waals surface area (Å²) in [4.78, 5) is 38.5. The molecule has 0 unspecified atom stereocenters. The molecule has 1 aromatic carbocycles. The highest BCUT2D eigenvalue weighted by molar-refractivity contribution is 5.89. The van der Waals surface area contributed by atoms with Gasteiger partial charge in [0.05, 0.1) is 28.8 Å². The molecule has 3 N–H and O–H groups in total. The quantitative estimate of drug-likeness (QED) is 0.283. The van der Waals surface area contributed by atoms with Crippen molar-refractivity contribution < 1.29 is 43.9 Å². The Morgan fingerprint density at radius 2 is 1.57 bits per heavy atom. The van der Waals surface area contributed by atoms with Crippen LogP contribution < -0.4 is 0 Å². The lowest BCUT2D eigenvalue weighted by molar-refractivity contribution is -0.195. The van der Waals surface area contributed by atoms with Gasteiger partial charge in [0.25, 0.3) is 0 Å². The number of carbonyl (C=O) groups excluding carboxylic acids is 3. The molecule has 3 aliphatic carbocycles. The van der Waals surface area contributed by atoms with Crippen LogP contribution in [0.15, 0.2) is 53.6 Å². The Balaban J connectivity index is 2.04. The lowest BCUT2D eigenvalue weighted by atomic mass is 9.56. The number of benzene rings is 1. The number of hydrogen-bond acceptors (Lipinski definition) is 9. The second-order valence-electron chi connectivity index (χ2n) is 12.2. The van der Waals surface area contributed by atoms with Gasteiger partial charge in [-0.15, -0.1) is 0 Å². The van der Waals surface area contributed by atoms with Crippen molar-refractivity contribution in [1.29, 1.82) is 0 Å². The zero-order chi connectivity index (χ0) is 29.8. The van der Waals surface area contributed by atoms with E-state index in [1.807, 2.05) is 0 Å². The highest BCUT2D eigenvalue weighted by atomic mass is 16.6. The Hall–Kier alpha value is -3.01. The van der Waals surface area contributed by atoms with Gasteiger partial charge >= 0.3 is 17.9 Å². The van der Waals surface area contributed by atoms with E-state index >= 15 is 0 Å². The number of hydrogen-bond donors (Lipinski definition) is 3. The zero-order valence-corrected chi connectivity index (χ0v) is 24.0. The molecule has 0 aromatic heterocycles. The van der Waals surface area contributed by atoms with E-state index < -0.39 is 70.8 Å². The molecule has 218 valence electrons. The first-order valence-electron chi connectivity index (χ1n) is 13.6. The Morgan fingerprint density at radius 1 is 0.975 bits per heavy atom. The van der Waals surface area contributed by atoms with E-state index in [1.165, 1.54) is 13.8 Å². The molecule has 4 rings (SSSR count). The summed E-state index contributed by atoms with van der Waals surface area (Å²) in [5, 5.41) is 34.0. The van der Waals surface area contributed by atoms with E-state index in [2.05, 4.69) is 6.58 Å². The molecular formula is C31H40O9. The van der Waals surface area contributed by atoms with E-state index in [4.69, 9.17) is 14.2 Å². The van der Waals surface area contributed by atoms with Crippen molar-refractivity contribution in [2.24, 2.45) is 16.7 Å². The minimum Gasteiger partial charge on any atom is -0.462 e. The summed E-state index contributed by atoms with van der Waals surface area (Å²) >= 11 is 0. The molecule has 0 heterocycles. The van der Waals surface area contributed by atoms with Crippen LogP contribution in [0, 0.1) is 16.7 Å². The van der Waals surface area contributed by atoms with Crippen molar-refractivity contribution >= 4 is 17.9 Å². The van der Waals surface area contributed by atoms with E-state index in [0.29, 0.717) is 16.7 Å². The zero-order valence-electron chi connectivity index (χ0n) is 24.0. The largest absolute Gasteiger partial charge is 0.462 e. The third-order valence-corrected chi connectivity index (χ3v) is 9.48. The second kappa shape index (κ2) is 10.4. The minimum atomic E-state index is -1.45. The average Bonchev–Trinajstić information content (AvgIpc) is 3.07. The number of carbonyl (C=O) groups is 3. The molecule has 8 atom stereocenters. The van der Waals surface area contributed by atoms with Crippen LogP contribution in [0.3, 0.4) is 0 Å². The highest BCUT2D eigenvalue weighted by Crippen LogP contribution is 2.65. The third-order valence-electron chi connectivity index (χ3n) is 9.48. The van der Waals surface area contributed by atoms with E-state index in [1.54, 1.807) is 58.0 Å². The van der Waals surface area contributed by atoms with E-state index in [-0.39, 0.29) is 24.8 Å². The Kier molecular flexibility index (Phi) is 7.81. The fourth-order valence-electron chi connectivity index (χ4n) is 7.31. The third kappa shape index (κ3) is 4.78. The highest BCUT2D eigenvalue weighted by Gasteiger charge is 2.68. The standard InChI is InChI=1S/C31H40O9/c1-16-21-14-31(29(5,6)37)15-23(35)17(2)25(31)26(40-28(36)20-11-9-8-10-12-20)27(39-19(4)33)30(21,7)24(13-22(16)34)38-18(3)32/h8-12,21-24,26-27,34-35,37H,1,13-15H2,2-7H3/t21-,22+,23+,24+,26-,27+,30-,31+/m1/s1. The lowest BCUT2D eigenvalue weighted by Gasteiger charge is -2.53. The first-order chi connectivity index (χ1) is 18.5. The lowest BCUT2D eigenvalue weighted by Crippen LogP contribution is -2.60. The maximum atomic E-state index is 13.6. The van der Waals surface area contributed by atoms with Crippen molar-refractivity contribution in [3.8, 4) is 0 Å². The normalized spacial score (nSPS) is 35.8. The Labute approximate surface area is 234 Å². The number of aliphatic hydroxyl groups excluding tert-OH is 2. The monoisotopic (exact) mass is 556 g/mol. The van der Waals surface area contributed by atoms with Crippen LogP contribution >= 0.6 is 0 Å². The van der Waals surface area contributed by atoms with Gasteiger partial charge in [0.2, 0.25) is 0 Å². The predicted molar refractivity (Wildman–Crippen MR) is 145 cm³/mol. The Bertz CT molecular complexity index is 1230. The molecule has 0 amide bonds. The Morgan fingerprint density at radius 3 is 2.12 bits per heavy atom. The molecule has 9 nitrogen and oxygen atoms in total. The SMILES string of the molecule is C=C1[C@H]2C[C@]3(C(C)(C)O)C[C@H](O)C(C)=C3[C@@H](OC(=O)c3ccccc3)[C@H](OC(C)=O)[C@@]2(C)[C@@H](OC(C)=O)C[C@@H]1O. The molecule has 1 aromatic rings. The summed E-state index contributed by atoms with van der Waals surface area (Å²) in [5.41, 5.74) is -2.19. The molecule has 0 radical (unpaired) electrons. The fourth-order valence-corrected chi connectivity index (χ4v) is 7.31. The number of rotatable bonds is 5. The summed E-state index contributed by atoms with van der Waals surface area (Å²) < 4.78 is 18.0. The van der Waals surface area contributed by atoms with Crippen LogP contribution in [0.2, 0.25) is 0 Å². The van der Waals surface area contributed by atoms with Crippen LogP contribution in [-0.4, -0.2) is 69.3 Å². The molecule has 0 bridgehead atoms. The molecule has 2 fully saturated rings. The molecular weight excluding hydrogens is 516 g/mol. The van der Waals surface area contributed by atoms with Gasteiger partial charge in [-0.25, -0.2) is 4.79 Å². The fraction of sp³-hybridized carbons (Fsp3) is 0.581. The molecule has 2 saturated carbocycles. The van der Waals surface area contributed by atoms with Crippen LogP contribution in [0.4, 0.5) is 0 Å². The van der Waals surface area contributed by atoms with Gasteiger partial charge in [-0.3, -0.25) is 9.59 Å². The number of fused-ring (bicyclic) bond motifs is 2. The van der Waals surface area contributed by atoms with Crippen molar-refractivity contribution in [2.75, 3.05) is 0 Å². The molecule has 0 saturated heterocycles. The van der Waals surface area contributed by atoms with Gasteiger partial charge in [-0.1, -0.05) is 31.7 Å². The molecule has 0 aliphatic heterocycles. The van der Waals surface area contributed by atoms with Crippen molar-refractivity contribution in [1.82, 2.24) is 0 Å². The molecule has 40 heavy (non-hydrogen) atoms. The van der Waals surface area contributed by atoms with Crippen LogP contribution in [0.25, 0.3) is 0 Å². The average molecular weight is 557 g/mol. The topological polar surface area (TPSA) is 140 Å². The van der Waals surface area contributed by atoms with E-state index in [9.17, 15) is 29.7 Å². The molecule has 0 spiro atoms.